The summed E-state index contributed by atoms with van der Waals surface area (Å²) in [6.07, 6.45) is 3.53. The summed E-state index contributed by atoms with van der Waals surface area (Å²) in [6, 6.07) is 8.57. The van der Waals surface area contributed by atoms with E-state index in [1.807, 2.05) is 19.2 Å². The van der Waals surface area contributed by atoms with E-state index < -0.39 is 0 Å². The van der Waals surface area contributed by atoms with Gasteiger partial charge in [0.1, 0.15) is 5.82 Å². The van der Waals surface area contributed by atoms with E-state index in [1.165, 1.54) is 12.1 Å². The van der Waals surface area contributed by atoms with Crippen molar-refractivity contribution in [3.8, 4) is 0 Å². The second kappa shape index (κ2) is 5.38. The Balaban J connectivity index is 2.42. The molecule has 0 spiro atoms. The van der Waals surface area contributed by atoms with E-state index in [0.717, 1.165) is 15.6 Å². The first-order valence-corrected chi connectivity index (χ1v) is 6.04. The Bertz CT molecular complexity index is 502. The van der Waals surface area contributed by atoms with E-state index >= 15 is 0 Å². The SMILES string of the molecule is CNC(c1cccnc1)c1ccc(F)cc1Br. The fourth-order valence-electron chi connectivity index (χ4n) is 1.78. The molecule has 0 aliphatic carbocycles. The fraction of sp³-hybridized carbons (Fsp3) is 0.154. The number of nitrogens with zero attached hydrogens (tertiary/aromatic N) is 1. The van der Waals surface area contributed by atoms with E-state index in [2.05, 4.69) is 26.2 Å². The Labute approximate surface area is 108 Å². The second-order valence-electron chi connectivity index (χ2n) is 3.67. The van der Waals surface area contributed by atoms with Gasteiger partial charge in [-0.3, -0.25) is 4.98 Å². The number of hydrogen-bond donors (Lipinski definition) is 1. The maximum atomic E-state index is 13.1. The molecule has 1 aromatic heterocycles. The zero-order chi connectivity index (χ0) is 12.3. The van der Waals surface area contributed by atoms with Crippen LogP contribution < -0.4 is 5.32 Å². The normalized spacial score (nSPS) is 12.4. The van der Waals surface area contributed by atoms with Crippen LogP contribution in [0.1, 0.15) is 17.2 Å². The molecule has 17 heavy (non-hydrogen) atoms. The summed E-state index contributed by atoms with van der Waals surface area (Å²) in [5.41, 5.74) is 2.03. The molecule has 88 valence electrons. The smallest absolute Gasteiger partial charge is 0.124 e. The van der Waals surface area contributed by atoms with Gasteiger partial charge in [0.05, 0.1) is 6.04 Å². The average molecular weight is 295 g/mol. The number of hydrogen-bond acceptors (Lipinski definition) is 2. The topological polar surface area (TPSA) is 24.9 Å². The van der Waals surface area contributed by atoms with Gasteiger partial charge >= 0.3 is 0 Å². The highest BCUT2D eigenvalue weighted by Gasteiger charge is 2.15. The van der Waals surface area contributed by atoms with Gasteiger partial charge in [0, 0.05) is 16.9 Å². The van der Waals surface area contributed by atoms with Crippen molar-refractivity contribution in [1.82, 2.24) is 10.3 Å². The lowest BCUT2D eigenvalue weighted by molar-refractivity contribution is 0.621. The van der Waals surface area contributed by atoms with E-state index in [4.69, 9.17) is 0 Å². The van der Waals surface area contributed by atoms with Crippen molar-refractivity contribution in [3.63, 3.8) is 0 Å². The lowest BCUT2D eigenvalue weighted by Crippen LogP contribution is -2.18. The quantitative estimate of drug-likeness (QED) is 0.940. The van der Waals surface area contributed by atoms with Gasteiger partial charge in [-0.15, -0.1) is 0 Å². The van der Waals surface area contributed by atoms with Crippen LogP contribution in [0.15, 0.2) is 47.2 Å². The Kier molecular flexibility index (Phi) is 3.86. The van der Waals surface area contributed by atoms with Crippen LogP contribution in [0.2, 0.25) is 0 Å². The van der Waals surface area contributed by atoms with Gasteiger partial charge < -0.3 is 5.32 Å². The summed E-state index contributed by atoms with van der Waals surface area (Å²) in [7, 11) is 1.87. The number of pyridine rings is 1. The predicted octanol–water partition coefficient (Wildman–Crippen LogP) is 3.29. The zero-order valence-electron chi connectivity index (χ0n) is 9.32. The van der Waals surface area contributed by atoms with Crippen LogP contribution in [0, 0.1) is 5.82 Å². The third-order valence-electron chi connectivity index (χ3n) is 2.58. The largest absolute Gasteiger partial charge is 0.309 e. The van der Waals surface area contributed by atoms with Crippen LogP contribution in [0.3, 0.4) is 0 Å². The van der Waals surface area contributed by atoms with Gasteiger partial charge in [0.15, 0.2) is 0 Å². The molecule has 0 aliphatic rings. The number of aromatic nitrogens is 1. The molecule has 1 heterocycles. The first kappa shape index (κ1) is 12.2. The first-order chi connectivity index (χ1) is 8.22. The van der Waals surface area contributed by atoms with E-state index in [-0.39, 0.29) is 11.9 Å². The van der Waals surface area contributed by atoms with Crippen LogP contribution in [0.4, 0.5) is 4.39 Å². The minimum Gasteiger partial charge on any atom is -0.309 e. The fourth-order valence-corrected chi connectivity index (χ4v) is 2.36. The van der Waals surface area contributed by atoms with Gasteiger partial charge in [0.25, 0.3) is 0 Å². The predicted molar refractivity (Wildman–Crippen MR) is 69.2 cm³/mol. The van der Waals surface area contributed by atoms with Crippen molar-refractivity contribution < 1.29 is 4.39 Å². The van der Waals surface area contributed by atoms with Crippen LogP contribution in [-0.4, -0.2) is 12.0 Å². The van der Waals surface area contributed by atoms with Gasteiger partial charge in [-0.1, -0.05) is 28.1 Å². The van der Waals surface area contributed by atoms with Crippen molar-refractivity contribution >= 4 is 15.9 Å². The zero-order valence-corrected chi connectivity index (χ0v) is 10.9. The van der Waals surface area contributed by atoms with Crippen LogP contribution in [-0.2, 0) is 0 Å². The third kappa shape index (κ3) is 2.70. The lowest BCUT2D eigenvalue weighted by atomic mass is 10.0. The second-order valence-corrected chi connectivity index (χ2v) is 4.53. The lowest BCUT2D eigenvalue weighted by Gasteiger charge is -2.18. The maximum absolute atomic E-state index is 13.1. The molecular formula is C13H12BrFN2. The Morgan fingerprint density at radius 2 is 2.18 bits per heavy atom. The van der Waals surface area contributed by atoms with Crippen molar-refractivity contribution in [2.45, 2.75) is 6.04 Å². The highest BCUT2D eigenvalue weighted by Crippen LogP contribution is 2.28. The van der Waals surface area contributed by atoms with Gasteiger partial charge in [-0.05, 0) is 36.4 Å². The molecule has 0 bridgehead atoms. The third-order valence-corrected chi connectivity index (χ3v) is 3.27. The molecular weight excluding hydrogens is 283 g/mol. The molecule has 0 saturated carbocycles. The molecule has 1 aromatic carbocycles. The summed E-state index contributed by atoms with van der Waals surface area (Å²) >= 11 is 3.39. The standard InChI is InChI=1S/C13H12BrFN2/c1-16-13(9-3-2-6-17-8-9)11-5-4-10(15)7-12(11)14/h2-8,13,16H,1H3. The summed E-state index contributed by atoms with van der Waals surface area (Å²) in [4.78, 5) is 4.10. The molecule has 2 rings (SSSR count). The monoisotopic (exact) mass is 294 g/mol. The number of nitrogens with one attached hydrogen (secondary N) is 1. The summed E-state index contributed by atoms with van der Waals surface area (Å²) in [6.45, 7) is 0. The van der Waals surface area contributed by atoms with Crippen molar-refractivity contribution in [1.29, 1.82) is 0 Å². The number of rotatable bonds is 3. The van der Waals surface area contributed by atoms with E-state index in [1.54, 1.807) is 18.5 Å². The summed E-state index contributed by atoms with van der Waals surface area (Å²) in [5.74, 6) is -0.248. The molecule has 1 N–H and O–H groups in total. The van der Waals surface area contributed by atoms with Gasteiger partial charge in [-0.25, -0.2) is 4.39 Å². The van der Waals surface area contributed by atoms with Crippen LogP contribution >= 0.6 is 15.9 Å². The Morgan fingerprint density at radius 3 is 2.76 bits per heavy atom. The average Bonchev–Trinajstić information content (AvgIpc) is 2.34. The molecule has 1 unspecified atom stereocenters. The molecule has 2 nitrogen and oxygen atoms in total. The highest BCUT2D eigenvalue weighted by atomic mass is 79.9. The van der Waals surface area contributed by atoms with Crippen molar-refractivity contribution in [2.75, 3.05) is 7.05 Å². The van der Waals surface area contributed by atoms with E-state index in [9.17, 15) is 4.39 Å². The van der Waals surface area contributed by atoms with Crippen LogP contribution in [0.5, 0.6) is 0 Å². The highest BCUT2D eigenvalue weighted by molar-refractivity contribution is 9.10. The summed E-state index contributed by atoms with van der Waals surface area (Å²) < 4.78 is 13.8. The van der Waals surface area contributed by atoms with Gasteiger partial charge in [0.2, 0.25) is 0 Å². The van der Waals surface area contributed by atoms with Gasteiger partial charge in [-0.2, -0.15) is 0 Å². The molecule has 1 atom stereocenters. The minimum atomic E-state index is -0.248. The molecule has 0 saturated heterocycles. The summed E-state index contributed by atoms with van der Waals surface area (Å²) in [5, 5.41) is 3.20. The molecule has 4 heteroatoms. The van der Waals surface area contributed by atoms with E-state index in [0.29, 0.717) is 0 Å². The number of halogens is 2. The molecule has 0 fully saturated rings. The Morgan fingerprint density at radius 1 is 1.35 bits per heavy atom. The van der Waals surface area contributed by atoms with Crippen LogP contribution in [0.25, 0.3) is 0 Å². The molecule has 0 aliphatic heterocycles. The Hall–Kier alpha value is -1.26. The molecule has 0 amide bonds. The molecule has 0 radical (unpaired) electrons. The van der Waals surface area contributed by atoms with Crippen molar-refractivity contribution in [2.24, 2.45) is 0 Å². The maximum Gasteiger partial charge on any atom is 0.124 e. The minimum absolute atomic E-state index is 0.00123. The molecule has 2 aromatic rings. The van der Waals surface area contributed by atoms with Crippen molar-refractivity contribution in [3.05, 3.63) is 64.1 Å². The number of benzene rings is 1. The first-order valence-electron chi connectivity index (χ1n) is 5.24.